The minimum Gasteiger partial charge on any atom is -0.128 e. The highest BCUT2D eigenvalue weighted by molar-refractivity contribution is 9.11. The molecule has 0 unspecified atom stereocenters. The molecule has 0 nitrogen and oxygen atoms in total. The van der Waals surface area contributed by atoms with Gasteiger partial charge in [-0.2, -0.15) is 0 Å². The first kappa shape index (κ1) is 17.9. The molecule has 2 aromatic carbocycles. The number of halogens is 2. The highest BCUT2D eigenvalue weighted by Gasteiger charge is 2.42. The Morgan fingerprint density at radius 2 is 1.04 bits per heavy atom. The third-order valence-electron chi connectivity index (χ3n) is 6.69. The summed E-state index contributed by atoms with van der Waals surface area (Å²) >= 11 is 11.1. The Hall–Kier alpha value is -0.940. The quantitative estimate of drug-likeness (QED) is 0.213. The predicted octanol–water partition coefficient (Wildman–Crippen LogP) is 9.10. The number of rotatable bonds is 0. The van der Waals surface area contributed by atoms with Gasteiger partial charge in [-0.1, -0.05) is 52.0 Å². The van der Waals surface area contributed by atoms with Crippen LogP contribution in [-0.4, -0.2) is 0 Å². The molecule has 0 saturated carbocycles. The van der Waals surface area contributed by atoms with E-state index in [1.54, 1.807) is 0 Å². The zero-order chi connectivity index (χ0) is 19.6. The van der Waals surface area contributed by atoms with Gasteiger partial charge in [-0.3, -0.25) is 0 Å². The second-order valence-electron chi connectivity index (χ2n) is 8.91. The lowest BCUT2D eigenvalue weighted by Crippen LogP contribution is -2.17. The summed E-state index contributed by atoms with van der Waals surface area (Å²) in [5.74, 6) is 0. The van der Waals surface area contributed by atoms with E-state index in [0.29, 0.717) is 0 Å². The molecule has 2 heterocycles. The molecule has 0 radical (unpaired) electrons. The smallest absolute Gasteiger partial charge is 0.0708 e. The predicted molar refractivity (Wildman–Crippen MR) is 130 cm³/mol. The second kappa shape index (κ2) is 5.40. The molecule has 0 amide bonds. The molecule has 2 aliphatic rings. The van der Waals surface area contributed by atoms with Gasteiger partial charge in [-0.25, -0.2) is 0 Å². The Morgan fingerprint density at radius 1 is 0.643 bits per heavy atom. The van der Waals surface area contributed by atoms with Crippen molar-refractivity contribution in [2.75, 3.05) is 0 Å². The summed E-state index contributed by atoms with van der Waals surface area (Å²) in [5.41, 5.74) is 8.77. The molecular formula is C24H18Br2S2. The van der Waals surface area contributed by atoms with Gasteiger partial charge in [0.1, 0.15) is 0 Å². The fraction of sp³-hybridized carbons (Fsp3) is 0.250. The number of benzene rings is 2. The van der Waals surface area contributed by atoms with Gasteiger partial charge in [0.05, 0.1) is 7.57 Å². The van der Waals surface area contributed by atoms with Gasteiger partial charge in [0, 0.05) is 20.6 Å². The van der Waals surface area contributed by atoms with Crippen LogP contribution in [0.1, 0.15) is 49.9 Å². The number of thiophene rings is 2. The Labute approximate surface area is 189 Å². The third-order valence-corrected chi connectivity index (χ3v) is 10.0. The standard InChI is InChI=1S/C24H18Br2S2/c1-23(2)15-9-17(25)27-21(15)13-7-6-12-11(19(13)23)5-8-14-20(12)24(3,4)16-10-18(26)28-22(14)16/h5-10H,1-4H3. The lowest BCUT2D eigenvalue weighted by atomic mass is 9.76. The van der Waals surface area contributed by atoms with Crippen molar-refractivity contribution >= 4 is 65.3 Å². The van der Waals surface area contributed by atoms with E-state index in [1.807, 2.05) is 22.7 Å². The molecule has 0 spiro atoms. The molecule has 0 saturated heterocycles. The SMILES string of the molecule is CC1(C)c2cc(Br)sc2-c2ccc3c4c(ccc3c21)-c1sc(Br)cc1C4(C)C. The molecule has 28 heavy (non-hydrogen) atoms. The van der Waals surface area contributed by atoms with Crippen molar-refractivity contribution in [3.05, 3.63) is 66.2 Å². The van der Waals surface area contributed by atoms with E-state index < -0.39 is 0 Å². The van der Waals surface area contributed by atoms with Crippen molar-refractivity contribution in [2.45, 2.75) is 38.5 Å². The average Bonchev–Trinajstić information content (AvgIpc) is 3.31. The zero-order valence-corrected chi connectivity index (χ0v) is 20.8. The summed E-state index contributed by atoms with van der Waals surface area (Å²) < 4.78 is 2.45. The number of hydrogen-bond donors (Lipinski definition) is 0. The van der Waals surface area contributed by atoms with Gasteiger partial charge in [0.25, 0.3) is 0 Å². The number of hydrogen-bond acceptors (Lipinski definition) is 2. The molecule has 2 aromatic heterocycles. The summed E-state index contributed by atoms with van der Waals surface area (Å²) in [6, 6.07) is 14.1. The van der Waals surface area contributed by atoms with Crippen LogP contribution in [0.2, 0.25) is 0 Å². The largest absolute Gasteiger partial charge is 0.128 e. The maximum Gasteiger partial charge on any atom is 0.0708 e. The van der Waals surface area contributed by atoms with Crippen molar-refractivity contribution in [3.8, 4) is 20.9 Å². The molecule has 0 fully saturated rings. The normalized spacial score (nSPS) is 17.5. The lowest BCUT2D eigenvalue weighted by Gasteiger charge is -2.26. The van der Waals surface area contributed by atoms with E-state index >= 15 is 0 Å². The van der Waals surface area contributed by atoms with Crippen LogP contribution >= 0.6 is 54.5 Å². The third kappa shape index (κ3) is 2.01. The lowest BCUT2D eigenvalue weighted by molar-refractivity contribution is 0.662. The van der Waals surface area contributed by atoms with Crippen molar-refractivity contribution in [1.82, 2.24) is 0 Å². The van der Waals surface area contributed by atoms with Gasteiger partial charge in [0.15, 0.2) is 0 Å². The first-order valence-electron chi connectivity index (χ1n) is 9.42. The molecular weight excluding hydrogens is 512 g/mol. The first-order valence-corrected chi connectivity index (χ1v) is 12.6. The van der Waals surface area contributed by atoms with Crippen LogP contribution in [0.4, 0.5) is 0 Å². The van der Waals surface area contributed by atoms with Crippen LogP contribution in [0.15, 0.2) is 44.0 Å². The summed E-state index contributed by atoms with van der Waals surface area (Å²) in [4.78, 5) is 2.85. The molecule has 0 atom stereocenters. The Morgan fingerprint density at radius 3 is 1.43 bits per heavy atom. The van der Waals surface area contributed by atoms with Crippen molar-refractivity contribution in [2.24, 2.45) is 0 Å². The highest BCUT2D eigenvalue weighted by Crippen LogP contribution is 2.59. The fourth-order valence-electron chi connectivity index (χ4n) is 5.45. The summed E-state index contributed by atoms with van der Waals surface area (Å²) in [6.07, 6.45) is 0. The minimum absolute atomic E-state index is 0.0253. The van der Waals surface area contributed by atoms with Crippen LogP contribution in [-0.2, 0) is 10.8 Å². The van der Waals surface area contributed by atoms with Gasteiger partial charge in [-0.05, 0) is 88.1 Å². The molecule has 140 valence electrons. The van der Waals surface area contributed by atoms with Crippen LogP contribution in [0.25, 0.3) is 31.7 Å². The molecule has 0 N–H and O–H groups in total. The van der Waals surface area contributed by atoms with Crippen LogP contribution in [0.3, 0.4) is 0 Å². The average molecular weight is 530 g/mol. The maximum atomic E-state index is 3.70. The Balaban J connectivity index is 1.72. The maximum absolute atomic E-state index is 3.70. The molecule has 2 aliphatic carbocycles. The summed E-state index contributed by atoms with van der Waals surface area (Å²) in [7, 11) is 0. The monoisotopic (exact) mass is 528 g/mol. The summed E-state index contributed by atoms with van der Waals surface area (Å²) in [5, 5.41) is 2.84. The Bertz CT molecular complexity index is 1230. The van der Waals surface area contributed by atoms with Crippen molar-refractivity contribution in [1.29, 1.82) is 0 Å². The molecule has 6 rings (SSSR count). The van der Waals surface area contributed by atoms with Gasteiger partial charge in [0.2, 0.25) is 0 Å². The number of fused-ring (bicyclic) bond motifs is 9. The van der Waals surface area contributed by atoms with Gasteiger partial charge in [-0.15, -0.1) is 22.7 Å². The molecule has 4 heteroatoms. The Kier molecular flexibility index (Phi) is 3.45. The second-order valence-corrected chi connectivity index (χ2v) is 13.8. The van der Waals surface area contributed by atoms with Crippen LogP contribution < -0.4 is 0 Å². The van der Waals surface area contributed by atoms with Crippen molar-refractivity contribution in [3.63, 3.8) is 0 Å². The van der Waals surface area contributed by atoms with E-state index in [2.05, 4.69) is 96.0 Å². The van der Waals surface area contributed by atoms with E-state index in [4.69, 9.17) is 0 Å². The van der Waals surface area contributed by atoms with E-state index in [-0.39, 0.29) is 10.8 Å². The fourth-order valence-corrected chi connectivity index (χ4v) is 9.03. The minimum atomic E-state index is 0.0253. The van der Waals surface area contributed by atoms with Crippen LogP contribution in [0, 0.1) is 0 Å². The van der Waals surface area contributed by atoms with Gasteiger partial charge < -0.3 is 0 Å². The molecule has 0 aliphatic heterocycles. The molecule has 4 aromatic rings. The topological polar surface area (TPSA) is 0 Å². The van der Waals surface area contributed by atoms with Crippen LogP contribution in [0.5, 0.6) is 0 Å². The highest BCUT2D eigenvalue weighted by atomic mass is 79.9. The molecule has 0 bridgehead atoms. The van der Waals surface area contributed by atoms with Gasteiger partial charge >= 0.3 is 0 Å². The van der Waals surface area contributed by atoms with E-state index in [9.17, 15) is 0 Å². The summed E-state index contributed by atoms with van der Waals surface area (Å²) in [6.45, 7) is 9.51. The first-order chi connectivity index (χ1) is 13.2. The van der Waals surface area contributed by atoms with Crippen molar-refractivity contribution < 1.29 is 0 Å². The van der Waals surface area contributed by atoms with E-state index in [0.717, 1.165) is 0 Å². The van der Waals surface area contributed by atoms with E-state index in [1.165, 1.54) is 61.5 Å². The zero-order valence-electron chi connectivity index (χ0n) is 16.0.